The van der Waals surface area contributed by atoms with Crippen LogP contribution in [0, 0.1) is 0 Å². The molecule has 1 aromatic heterocycles. The van der Waals surface area contributed by atoms with Crippen molar-refractivity contribution < 1.29 is 14.3 Å². The molecule has 2 amide bonds. The van der Waals surface area contributed by atoms with Crippen LogP contribution >= 0.6 is 15.9 Å². The van der Waals surface area contributed by atoms with Gasteiger partial charge in [-0.15, -0.1) is 0 Å². The van der Waals surface area contributed by atoms with Crippen LogP contribution in [0.4, 0.5) is 10.6 Å². The highest BCUT2D eigenvalue weighted by molar-refractivity contribution is 9.10. The summed E-state index contributed by atoms with van der Waals surface area (Å²) in [5.74, 6) is -0.272. The Morgan fingerprint density at radius 1 is 1.53 bits per heavy atom. The largest absolute Gasteiger partial charge is 0.448 e. The fourth-order valence-electron chi connectivity index (χ4n) is 1.04. The summed E-state index contributed by atoms with van der Waals surface area (Å²) < 4.78 is 5.09. The van der Waals surface area contributed by atoms with Crippen LogP contribution in [0.5, 0.6) is 0 Å². The molecule has 0 atom stereocenters. The molecule has 0 spiro atoms. The van der Waals surface area contributed by atoms with Crippen molar-refractivity contribution in [2.24, 2.45) is 5.73 Å². The third-order valence-electron chi connectivity index (χ3n) is 1.76. The van der Waals surface area contributed by atoms with E-state index in [1.165, 1.54) is 6.20 Å². The van der Waals surface area contributed by atoms with Crippen molar-refractivity contribution in [3.05, 3.63) is 22.3 Å². The van der Waals surface area contributed by atoms with E-state index in [0.29, 0.717) is 4.47 Å². The second-order valence-corrected chi connectivity index (χ2v) is 3.93. The van der Waals surface area contributed by atoms with Crippen molar-refractivity contribution in [1.82, 2.24) is 10.3 Å². The van der Waals surface area contributed by atoms with Crippen molar-refractivity contribution in [3.63, 3.8) is 0 Å². The molecule has 17 heavy (non-hydrogen) atoms. The van der Waals surface area contributed by atoms with E-state index in [1.54, 1.807) is 6.07 Å². The molecule has 0 aromatic carbocycles. The Hall–Kier alpha value is -1.83. The molecular weight excluding hydrogens is 292 g/mol. The molecule has 0 fully saturated rings. The summed E-state index contributed by atoms with van der Waals surface area (Å²) >= 11 is 3.18. The quantitative estimate of drug-likeness (QED) is 0.689. The van der Waals surface area contributed by atoms with E-state index in [1.807, 2.05) is 0 Å². The number of nitrogens with zero attached hydrogens (tertiary/aromatic N) is 1. The SMILES string of the molecule is NC(=O)OCCNC(=O)c1cc(Br)cnc1N. The van der Waals surface area contributed by atoms with Gasteiger partial charge in [0.1, 0.15) is 12.4 Å². The Balaban J connectivity index is 2.52. The number of halogens is 1. The number of ether oxygens (including phenoxy) is 1. The number of hydrogen-bond acceptors (Lipinski definition) is 5. The van der Waals surface area contributed by atoms with E-state index < -0.39 is 12.0 Å². The zero-order chi connectivity index (χ0) is 12.8. The molecule has 1 rings (SSSR count). The van der Waals surface area contributed by atoms with Crippen LogP contribution in [-0.4, -0.2) is 30.1 Å². The van der Waals surface area contributed by atoms with Gasteiger partial charge in [0.05, 0.1) is 12.1 Å². The standard InChI is InChI=1S/C9H11BrN4O3/c10-5-3-6(7(11)14-4-5)8(15)13-1-2-17-9(12)16/h3-4H,1-2H2,(H2,11,14)(H2,12,16)(H,13,15). The summed E-state index contributed by atoms with van der Waals surface area (Å²) in [6.07, 6.45) is 0.602. The van der Waals surface area contributed by atoms with Crippen molar-refractivity contribution in [2.45, 2.75) is 0 Å². The van der Waals surface area contributed by atoms with Crippen LogP contribution in [0.3, 0.4) is 0 Å². The number of primary amides is 1. The lowest BCUT2D eigenvalue weighted by atomic mass is 10.2. The van der Waals surface area contributed by atoms with Crippen LogP contribution in [0.15, 0.2) is 16.7 Å². The van der Waals surface area contributed by atoms with Crippen molar-refractivity contribution in [1.29, 1.82) is 0 Å². The Morgan fingerprint density at radius 2 is 2.24 bits per heavy atom. The summed E-state index contributed by atoms with van der Waals surface area (Å²) in [5, 5.41) is 2.51. The van der Waals surface area contributed by atoms with E-state index in [9.17, 15) is 9.59 Å². The Morgan fingerprint density at radius 3 is 2.88 bits per heavy atom. The topological polar surface area (TPSA) is 120 Å². The van der Waals surface area contributed by atoms with Crippen LogP contribution in [0.1, 0.15) is 10.4 Å². The highest BCUT2D eigenvalue weighted by Gasteiger charge is 2.10. The number of carbonyl (C=O) groups excluding carboxylic acids is 2. The molecule has 1 heterocycles. The number of nitrogens with two attached hydrogens (primary N) is 2. The number of anilines is 1. The van der Waals surface area contributed by atoms with Gasteiger partial charge in [0, 0.05) is 10.7 Å². The first-order valence-electron chi connectivity index (χ1n) is 4.62. The second-order valence-electron chi connectivity index (χ2n) is 3.01. The molecule has 0 aliphatic heterocycles. The minimum absolute atomic E-state index is 0.00239. The molecule has 5 N–H and O–H groups in total. The minimum Gasteiger partial charge on any atom is -0.448 e. The first-order valence-corrected chi connectivity index (χ1v) is 5.41. The average Bonchev–Trinajstić information content (AvgIpc) is 2.27. The molecule has 0 unspecified atom stereocenters. The molecular formula is C9H11BrN4O3. The monoisotopic (exact) mass is 302 g/mol. The van der Waals surface area contributed by atoms with Gasteiger partial charge in [-0.25, -0.2) is 9.78 Å². The molecule has 0 saturated heterocycles. The number of amides is 2. The Labute approximate surface area is 106 Å². The summed E-state index contributed by atoms with van der Waals surface area (Å²) in [7, 11) is 0. The number of nitrogen functional groups attached to an aromatic ring is 1. The van der Waals surface area contributed by atoms with Crippen LogP contribution < -0.4 is 16.8 Å². The number of carbonyl (C=O) groups is 2. The van der Waals surface area contributed by atoms with Crippen molar-refractivity contribution in [2.75, 3.05) is 18.9 Å². The Bertz CT molecular complexity index is 438. The zero-order valence-electron chi connectivity index (χ0n) is 8.77. The van der Waals surface area contributed by atoms with Gasteiger partial charge in [0.25, 0.3) is 5.91 Å². The maximum atomic E-state index is 11.6. The zero-order valence-corrected chi connectivity index (χ0v) is 10.4. The first kappa shape index (κ1) is 13.2. The predicted molar refractivity (Wildman–Crippen MR) is 64.2 cm³/mol. The fraction of sp³-hybridized carbons (Fsp3) is 0.222. The van der Waals surface area contributed by atoms with E-state index in [-0.39, 0.29) is 24.5 Å². The highest BCUT2D eigenvalue weighted by Crippen LogP contribution is 2.15. The van der Waals surface area contributed by atoms with Crippen molar-refractivity contribution >= 4 is 33.7 Å². The second kappa shape index (κ2) is 6.04. The number of hydrogen-bond donors (Lipinski definition) is 3. The molecule has 0 saturated carbocycles. The maximum Gasteiger partial charge on any atom is 0.404 e. The number of aromatic nitrogens is 1. The van der Waals surface area contributed by atoms with Gasteiger partial charge < -0.3 is 21.5 Å². The van der Waals surface area contributed by atoms with Crippen LogP contribution in [0.25, 0.3) is 0 Å². The maximum absolute atomic E-state index is 11.6. The van der Waals surface area contributed by atoms with E-state index in [4.69, 9.17) is 11.5 Å². The van der Waals surface area contributed by atoms with Gasteiger partial charge in [-0.05, 0) is 22.0 Å². The Kier molecular flexibility index (Phi) is 4.70. The number of pyridine rings is 1. The first-order chi connectivity index (χ1) is 8.00. The molecule has 7 nitrogen and oxygen atoms in total. The van der Waals surface area contributed by atoms with Crippen LogP contribution in [-0.2, 0) is 4.74 Å². The minimum atomic E-state index is -0.886. The predicted octanol–water partition coefficient (Wildman–Crippen LogP) is 0.251. The summed E-state index contributed by atoms with van der Waals surface area (Å²) in [6.45, 7) is 0.149. The molecule has 0 bridgehead atoms. The lowest BCUT2D eigenvalue weighted by Crippen LogP contribution is -2.29. The van der Waals surface area contributed by atoms with Gasteiger partial charge in [-0.3, -0.25) is 4.79 Å². The van der Waals surface area contributed by atoms with Gasteiger partial charge in [-0.1, -0.05) is 0 Å². The summed E-state index contributed by atoms with van der Waals surface area (Å²) in [4.78, 5) is 25.7. The molecule has 0 aliphatic carbocycles. The highest BCUT2D eigenvalue weighted by atomic mass is 79.9. The lowest BCUT2D eigenvalue weighted by molar-refractivity contribution is 0.0937. The molecule has 0 aliphatic rings. The van der Waals surface area contributed by atoms with Crippen LogP contribution in [0.2, 0.25) is 0 Å². The fourth-order valence-corrected chi connectivity index (χ4v) is 1.37. The molecule has 8 heteroatoms. The number of rotatable bonds is 4. The smallest absolute Gasteiger partial charge is 0.404 e. The summed E-state index contributed by atoms with van der Waals surface area (Å²) in [6, 6.07) is 1.55. The van der Waals surface area contributed by atoms with E-state index in [0.717, 1.165) is 0 Å². The normalized spacial score (nSPS) is 9.71. The lowest BCUT2D eigenvalue weighted by Gasteiger charge is -2.07. The molecule has 92 valence electrons. The van der Waals surface area contributed by atoms with E-state index in [2.05, 4.69) is 31.0 Å². The number of nitrogens with one attached hydrogen (secondary N) is 1. The molecule has 1 aromatic rings. The van der Waals surface area contributed by atoms with Gasteiger partial charge in [0.15, 0.2) is 0 Å². The van der Waals surface area contributed by atoms with Gasteiger partial charge >= 0.3 is 6.09 Å². The van der Waals surface area contributed by atoms with Crippen molar-refractivity contribution in [3.8, 4) is 0 Å². The van der Waals surface area contributed by atoms with Gasteiger partial charge in [-0.2, -0.15) is 0 Å². The average molecular weight is 303 g/mol. The third kappa shape index (κ3) is 4.27. The third-order valence-corrected chi connectivity index (χ3v) is 2.20. The van der Waals surface area contributed by atoms with E-state index >= 15 is 0 Å². The molecule has 0 radical (unpaired) electrons. The summed E-state index contributed by atoms with van der Waals surface area (Å²) in [5.41, 5.74) is 10.5. The van der Waals surface area contributed by atoms with Gasteiger partial charge in [0.2, 0.25) is 0 Å².